The predicted molar refractivity (Wildman–Crippen MR) is 81.8 cm³/mol. The molecular weight excluding hydrogens is 268 g/mol. The molecule has 0 nitrogen and oxygen atoms in total. The lowest BCUT2D eigenvalue weighted by Gasteiger charge is -2.18. The highest BCUT2D eigenvalue weighted by Gasteiger charge is 2.17. The molecule has 0 atom stereocenters. The maximum atomic E-state index is 3.26. The molecule has 1 aliphatic heterocycles. The van der Waals surface area contributed by atoms with Crippen molar-refractivity contribution in [1.82, 2.24) is 0 Å². The Hall–Kier alpha value is -1.60. The van der Waals surface area contributed by atoms with Crippen LogP contribution in [-0.4, -0.2) is 0 Å². The van der Waals surface area contributed by atoms with Crippen molar-refractivity contribution in [2.24, 2.45) is 0 Å². The Morgan fingerprint density at radius 2 is 1.53 bits per heavy atom. The van der Waals surface area contributed by atoms with Gasteiger partial charge in [-0.25, -0.2) is 0 Å². The third kappa shape index (κ3) is 1.98. The van der Waals surface area contributed by atoms with Gasteiger partial charge in [-0.3, -0.25) is 0 Å². The molecule has 0 spiro atoms. The number of rotatable bonds is 1. The predicted octanol–water partition coefficient (Wildman–Crippen LogP) is 5.41. The van der Waals surface area contributed by atoms with E-state index in [4.69, 9.17) is 0 Å². The van der Waals surface area contributed by atoms with Crippen LogP contribution in [0.2, 0.25) is 0 Å². The molecule has 0 unspecified atom stereocenters. The average molecular weight is 278 g/mol. The van der Waals surface area contributed by atoms with Crippen LogP contribution < -0.4 is 0 Å². The summed E-state index contributed by atoms with van der Waals surface area (Å²) in [5.74, 6) is 0. The second-order valence-electron chi connectivity index (χ2n) is 4.40. The minimum absolute atomic E-state index is 1.17. The van der Waals surface area contributed by atoms with Crippen molar-refractivity contribution in [3.05, 3.63) is 72.0 Å². The first-order valence-corrected chi connectivity index (χ1v) is 7.76. The molecule has 0 saturated carbocycles. The largest absolute Gasteiger partial charge is 0.112 e. The van der Waals surface area contributed by atoms with E-state index in [-0.39, 0.29) is 0 Å². The summed E-state index contributed by atoms with van der Waals surface area (Å²) in [6.07, 6.45) is 6.11. The van der Waals surface area contributed by atoms with Crippen LogP contribution in [0.5, 0.6) is 0 Å². The molecule has 0 N–H and O–H groups in total. The maximum Gasteiger partial charge on any atom is 0.0268 e. The summed E-state index contributed by atoms with van der Waals surface area (Å²) in [7, 11) is 0. The topological polar surface area (TPSA) is 0 Å². The molecule has 0 saturated heterocycles. The maximum absolute atomic E-state index is 3.26. The van der Waals surface area contributed by atoms with Gasteiger partial charge < -0.3 is 0 Å². The Morgan fingerprint density at radius 3 is 2.26 bits per heavy atom. The van der Waals surface area contributed by atoms with Crippen LogP contribution in [0.25, 0.3) is 5.57 Å². The molecule has 90 valence electrons. The number of allylic oxidation sites excluding steroid dienone is 3. The average Bonchev–Trinajstić information content (AvgIpc) is 2.98. The van der Waals surface area contributed by atoms with Gasteiger partial charge in [0.25, 0.3) is 0 Å². The summed E-state index contributed by atoms with van der Waals surface area (Å²) in [6.45, 7) is 0. The van der Waals surface area contributed by atoms with Crippen LogP contribution in [0.4, 0.5) is 0 Å². The molecule has 1 aliphatic carbocycles. The molecule has 2 aliphatic rings. The molecule has 2 aromatic carbocycles. The number of hydrogen-bond acceptors (Lipinski definition) is 2. The van der Waals surface area contributed by atoms with Gasteiger partial charge in [-0.1, -0.05) is 47.8 Å². The van der Waals surface area contributed by atoms with Crippen molar-refractivity contribution in [3.8, 4) is 0 Å². The fourth-order valence-electron chi connectivity index (χ4n) is 2.21. The lowest BCUT2D eigenvalue weighted by Crippen LogP contribution is -1.90. The summed E-state index contributed by atoms with van der Waals surface area (Å²) < 4.78 is 0. The van der Waals surface area contributed by atoms with Gasteiger partial charge in [-0.15, -0.1) is 5.73 Å². The van der Waals surface area contributed by atoms with E-state index in [2.05, 4.69) is 54.3 Å². The number of hydrogen-bond donors (Lipinski definition) is 0. The Balaban J connectivity index is 1.78. The lowest BCUT2D eigenvalue weighted by atomic mass is 10.1. The third-order valence-corrected chi connectivity index (χ3v) is 5.69. The van der Waals surface area contributed by atoms with E-state index in [1.54, 1.807) is 0 Å². The Bertz CT molecular complexity index is 763. The second-order valence-corrected chi connectivity index (χ2v) is 6.56. The first-order valence-electron chi connectivity index (χ1n) is 6.13. The van der Waals surface area contributed by atoms with Crippen LogP contribution in [0.3, 0.4) is 0 Å². The molecule has 0 amide bonds. The summed E-state index contributed by atoms with van der Waals surface area (Å²) in [4.78, 5) is 5.39. The standard InChI is InChI=1S/C17H10S2/c1-2-6-12(5-1)13-9-10-16-17(11-13)19-15-8-4-3-7-14(15)18-16/h1-5,7-11H. The lowest BCUT2D eigenvalue weighted by molar-refractivity contribution is 1.15. The van der Waals surface area contributed by atoms with E-state index in [1.165, 1.54) is 30.7 Å². The molecule has 2 aromatic rings. The molecule has 0 bridgehead atoms. The monoisotopic (exact) mass is 278 g/mol. The zero-order chi connectivity index (χ0) is 12.7. The van der Waals surface area contributed by atoms with E-state index in [1.807, 2.05) is 35.7 Å². The van der Waals surface area contributed by atoms with Crippen molar-refractivity contribution in [2.75, 3.05) is 0 Å². The van der Waals surface area contributed by atoms with Gasteiger partial charge >= 0.3 is 0 Å². The van der Waals surface area contributed by atoms with Gasteiger partial charge in [0.1, 0.15) is 0 Å². The molecule has 1 heterocycles. The van der Waals surface area contributed by atoms with E-state index in [0.717, 1.165) is 0 Å². The Kier molecular flexibility index (Phi) is 2.66. The molecule has 19 heavy (non-hydrogen) atoms. The molecular formula is C17H10S2. The molecule has 4 rings (SSSR count). The van der Waals surface area contributed by atoms with Gasteiger partial charge in [-0.05, 0) is 42.0 Å². The Morgan fingerprint density at radius 1 is 0.789 bits per heavy atom. The van der Waals surface area contributed by atoms with E-state index in [0.29, 0.717) is 0 Å². The van der Waals surface area contributed by atoms with Crippen molar-refractivity contribution < 1.29 is 0 Å². The molecule has 0 aromatic heterocycles. The van der Waals surface area contributed by atoms with Gasteiger partial charge in [0, 0.05) is 25.2 Å². The number of fused-ring (bicyclic) bond motifs is 2. The summed E-state index contributed by atoms with van der Waals surface area (Å²) in [6, 6.07) is 15.3. The Labute approximate surface area is 120 Å². The van der Waals surface area contributed by atoms with Gasteiger partial charge in [0.05, 0.1) is 0 Å². The van der Waals surface area contributed by atoms with Gasteiger partial charge in [-0.2, -0.15) is 0 Å². The number of benzene rings is 2. The summed E-state index contributed by atoms with van der Waals surface area (Å²) >= 11 is 3.72. The summed E-state index contributed by atoms with van der Waals surface area (Å²) in [5.41, 5.74) is 5.68. The van der Waals surface area contributed by atoms with Crippen molar-refractivity contribution in [1.29, 1.82) is 0 Å². The van der Waals surface area contributed by atoms with E-state index >= 15 is 0 Å². The summed E-state index contributed by atoms with van der Waals surface area (Å²) in [5, 5.41) is 0. The van der Waals surface area contributed by atoms with E-state index < -0.39 is 0 Å². The highest BCUT2D eigenvalue weighted by atomic mass is 32.2. The first kappa shape index (κ1) is 11.2. The third-order valence-electron chi connectivity index (χ3n) is 3.14. The highest BCUT2D eigenvalue weighted by Crippen LogP contribution is 2.48. The zero-order valence-corrected chi connectivity index (χ0v) is 11.7. The van der Waals surface area contributed by atoms with Gasteiger partial charge in [0.15, 0.2) is 0 Å². The minimum Gasteiger partial charge on any atom is -0.112 e. The fraction of sp³-hybridized carbons (Fsp3) is 0. The van der Waals surface area contributed by atoms with Crippen LogP contribution in [0.15, 0.2) is 86.0 Å². The van der Waals surface area contributed by atoms with Crippen molar-refractivity contribution >= 4 is 29.1 Å². The van der Waals surface area contributed by atoms with E-state index in [9.17, 15) is 0 Å². The minimum atomic E-state index is 1.17. The fourth-order valence-corrected chi connectivity index (χ4v) is 4.46. The first-order chi connectivity index (χ1) is 9.40. The van der Waals surface area contributed by atoms with Crippen LogP contribution in [-0.2, 0) is 0 Å². The van der Waals surface area contributed by atoms with Crippen molar-refractivity contribution in [3.63, 3.8) is 0 Å². The molecule has 0 radical (unpaired) electrons. The van der Waals surface area contributed by atoms with Crippen LogP contribution in [0, 0.1) is 0 Å². The van der Waals surface area contributed by atoms with Crippen molar-refractivity contribution in [2.45, 2.75) is 19.6 Å². The highest BCUT2D eigenvalue weighted by molar-refractivity contribution is 8.05. The zero-order valence-electron chi connectivity index (χ0n) is 10.1. The quantitative estimate of drug-likeness (QED) is 0.546. The van der Waals surface area contributed by atoms with Crippen LogP contribution >= 0.6 is 23.5 Å². The smallest absolute Gasteiger partial charge is 0.0268 e. The normalized spacial score (nSPS) is 15.1. The van der Waals surface area contributed by atoms with Crippen LogP contribution in [0.1, 0.15) is 5.56 Å². The van der Waals surface area contributed by atoms with Gasteiger partial charge in [0.2, 0.25) is 0 Å². The SMILES string of the molecule is C1=CC=CC=1c1ccc2c(c1)Sc1ccccc1S2. The second kappa shape index (κ2) is 4.50. The molecule has 2 heteroatoms. The molecule has 0 fully saturated rings.